The Morgan fingerprint density at radius 3 is 2.82 bits per heavy atom. The van der Waals surface area contributed by atoms with Crippen molar-refractivity contribution in [1.29, 1.82) is 0 Å². The molecule has 2 heterocycles. The number of hydrogen-bond acceptors (Lipinski definition) is 3. The first-order valence-corrected chi connectivity index (χ1v) is 6.38. The van der Waals surface area contributed by atoms with Crippen LogP contribution in [0.25, 0.3) is 0 Å². The minimum Gasteiger partial charge on any atom is -0.326 e. The second-order valence-electron chi connectivity index (χ2n) is 3.91. The molecule has 4 nitrogen and oxygen atoms in total. The van der Waals surface area contributed by atoms with Crippen LogP contribution in [-0.4, -0.2) is 20.8 Å². The van der Waals surface area contributed by atoms with Gasteiger partial charge in [0.25, 0.3) is 0 Å². The summed E-state index contributed by atoms with van der Waals surface area (Å²) in [5.41, 5.74) is 7.12. The van der Waals surface area contributed by atoms with Crippen molar-refractivity contribution in [3.8, 4) is 0 Å². The Hall–Kier alpha value is -1.20. The van der Waals surface area contributed by atoms with Crippen molar-refractivity contribution in [2.45, 2.75) is 25.4 Å². The van der Waals surface area contributed by atoms with E-state index in [0.29, 0.717) is 0 Å². The van der Waals surface area contributed by atoms with Gasteiger partial charge in [0, 0.05) is 18.4 Å². The van der Waals surface area contributed by atoms with Crippen LogP contribution in [0.1, 0.15) is 25.1 Å². The summed E-state index contributed by atoms with van der Waals surface area (Å²) in [4.78, 5) is 4.38. The Bertz CT molecular complexity index is 468. The van der Waals surface area contributed by atoms with Gasteiger partial charge in [-0.25, -0.2) is 0 Å². The lowest BCUT2D eigenvalue weighted by atomic mass is 10.0. The molecule has 0 aliphatic rings. The Morgan fingerprint density at radius 2 is 2.29 bits per heavy atom. The molecule has 0 saturated heterocycles. The van der Waals surface area contributed by atoms with Gasteiger partial charge in [-0.2, -0.15) is 5.10 Å². The predicted octanol–water partition coefficient (Wildman–Crippen LogP) is 2.37. The van der Waals surface area contributed by atoms with E-state index in [1.807, 2.05) is 29.1 Å². The number of pyridine rings is 1. The van der Waals surface area contributed by atoms with Gasteiger partial charge in [-0.3, -0.25) is 9.67 Å². The summed E-state index contributed by atoms with van der Waals surface area (Å²) in [6.45, 7) is 2.07. The number of rotatable bonds is 4. The van der Waals surface area contributed by atoms with Crippen molar-refractivity contribution < 1.29 is 0 Å². The fourth-order valence-electron chi connectivity index (χ4n) is 1.79. The van der Waals surface area contributed by atoms with E-state index in [1.165, 1.54) is 0 Å². The summed E-state index contributed by atoms with van der Waals surface area (Å²) >= 11 is 3.40. The molecule has 17 heavy (non-hydrogen) atoms. The van der Waals surface area contributed by atoms with E-state index in [9.17, 15) is 0 Å². The highest BCUT2D eigenvalue weighted by Crippen LogP contribution is 2.21. The van der Waals surface area contributed by atoms with Gasteiger partial charge in [0.1, 0.15) is 6.04 Å². The first-order valence-electron chi connectivity index (χ1n) is 5.58. The second-order valence-corrected chi connectivity index (χ2v) is 4.83. The molecule has 0 bridgehead atoms. The minimum absolute atomic E-state index is 0.00306. The molecule has 2 aromatic rings. The molecule has 2 aromatic heterocycles. The van der Waals surface area contributed by atoms with Crippen molar-refractivity contribution in [1.82, 2.24) is 14.8 Å². The van der Waals surface area contributed by atoms with Crippen LogP contribution in [0.5, 0.6) is 0 Å². The first kappa shape index (κ1) is 12.3. The predicted molar refractivity (Wildman–Crippen MR) is 70.6 cm³/mol. The molecule has 0 fully saturated rings. The third-order valence-electron chi connectivity index (χ3n) is 2.72. The SMILES string of the molecule is CCC(N)C(c1ccccn1)n1cc(Br)cn1. The van der Waals surface area contributed by atoms with E-state index >= 15 is 0 Å². The summed E-state index contributed by atoms with van der Waals surface area (Å²) < 4.78 is 2.81. The molecule has 2 N–H and O–H groups in total. The molecule has 0 radical (unpaired) electrons. The monoisotopic (exact) mass is 294 g/mol. The zero-order valence-electron chi connectivity index (χ0n) is 9.62. The first-order chi connectivity index (χ1) is 8.22. The van der Waals surface area contributed by atoms with Crippen LogP contribution in [0.2, 0.25) is 0 Å². The van der Waals surface area contributed by atoms with Crippen molar-refractivity contribution >= 4 is 15.9 Å². The lowest BCUT2D eigenvalue weighted by Gasteiger charge is -2.22. The highest BCUT2D eigenvalue weighted by atomic mass is 79.9. The maximum absolute atomic E-state index is 6.17. The average molecular weight is 295 g/mol. The van der Waals surface area contributed by atoms with Gasteiger partial charge in [0.2, 0.25) is 0 Å². The minimum atomic E-state index is -0.0208. The Labute approximate surface area is 109 Å². The smallest absolute Gasteiger partial charge is 0.109 e. The third kappa shape index (κ3) is 2.73. The molecule has 2 atom stereocenters. The van der Waals surface area contributed by atoms with Crippen molar-refractivity contribution in [3.05, 3.63) is 47.0 Å². The molecule has 2 unspecified atom stereocenters. The molecular weight excluding hydrogens is 280 g/mol. The standard InChI is InChI=1S/C12H15BrN4/c1-2-10(14)12(11-5-3-4-6-15-11)17-8-9(13)7-16-17/h3-8,10,12H,2,14H2,1H3. The topological polar surface area (TPSA) is 56.7 Å². The summed E-state index contributed by atoms with van der Waals surface area (Å²) in [6.07, 6.45) is 6.34. The Morgan fingerprint density at radius 1 is 1.47 bits per heavy atom. The van der Waals surface area contributed by atoms with E-state index in [0.717, 1.165) is 16.6 Å². The van der Waals surface area contributed by atoms with Gasteiger partial charge in [-0.05, 0) is 34.5 Å². The van der Waals surface area contributed by atoms with Crippen LogP contribution in [0.4, 0.5) is 0 Å². The fourth-order valence-corrected chi connectivity index (χ4v) is 2.09. The van der Waals surface area contributed by atoms with Crippen LogP contribution < -0.4 is 5.73 Å². The molecule has 0 spiro atoms. The number of halogens is 1. The molecule has 5 heteroatoms. The van der Waals surface area contributed by atoms with Crippen LogP contribution in [-0.2, 0) is 0 Å². The van der Waals surface area contributed by atoms with Crippen LogP contribution in [0, 0.1) is 0 Å². The molecule has 2 rings (SSSR count). The van der Waals surface area contributed by atoms with E-state index in [-0.39, 0.29) is 12.1 Å². The van der Waals surface area contributed by atoms with Crippen molar-refractivity contribution in [3.63, 3.8) is 0 Å². The maximum atomic E-state index is 6.17. The molecule has 0 amide bonds. The van der Waals surface area contributed by atoms with E-state index in [2.05, 4.69) is 32.9 Å². The lowest BCUT2D eigenvalue weighted by molar-refractivity contribution is 0.415. The summed E-state index contributed by atoms with van der Waals surface area (Å²) in [7, 11) is 0. The van der Waals surface area contributed by atoms with Gasteiger partial charge in [-0.1, -0.05) is 13.0 Å². The van der Waals surface area contributed by atoms with Gasteiger partial charge >= 0.3 is 0 Å². The van der Waals surface area contributed by atoms with E-state index < -0.39 is 0 Å². The van der Waals surface area contributed by atoms with Crippen molar-refractivity contribution in [2.75, 3.05) is 0 Å². The van der Waals surface area contributed by atoms with E-state index in [4.69, 9.17) is 5.73 Å². The maximum Gasteiger partial charge on any atom is 0.109 e. The van der Waals surface area contributed by atoms with Crippen LogP contribution in [0.3, 0.4) is 0 Å². The average Bonchev–Trinajstić information content (AvgIpc) is 2.77. The quantitative estimate of drug-likeness (QED) is 0.942. The molecule has 0 saturated carbocycles. The zero-order chi connectivity index (χ0) is 12.3. The van der Waals surface area contributed by atoms with Gasteiger partial charge < -0.3 is 5.73 Å². The number of hydrogen-bond donors (Lipinski definition) is 1. The van der Waals surface area contributed by atoms with Crippen molar-refractivity contribution in [2.24, 2.45) is 5.73 Å². The summed E-state index contributed by atoms with van der Waals surface area (Å²) in [6, 6.07) is 5.83. The molecule has 90 valence electrons. The molecule has 0 aliphatic heterocycles. The third-order valence-corrected chi connectivity index (χ3v) is 3.13. The number of aromatic nitrogens is 3. The number of nitrogens with two attached hydrogens (primary N) is 1. The summed E-state index contributed by atoms with van der Waals surface area (Å²) in [5, 5.41) is 4.31. The second kappa shape index (κ2) is 5.42. The van der Waals surface area contributed by atoms with Crippen LogP contribution in [0.15, 0.2) is 41.3 Å². The normalized spacial score (nSPS) is 14.5. The number of nitrogens with zero attached hydrogens (tertiary/aromatic N) is 3. The van der Waals surface area contributed by atoms with Gasteiger partial charge in [0.15, 0.2) is 0 Å². The largest absolute Gasteiger partial charge is 0.326 e. The van der Waals surface area contributed by atoms with E-state index in [1.54, 1.807) is 12.4 Å². The highest BCUT2D eigenvalue weighted by molar-refractivity contribution is 9.10. The highest BCUT2D eigenvalue weighted by Gasteiger charge is 2.22. The molecule has 0 aromatic carbocycles. The van der Waals surface area contributed by atoms with Gasteiger partial charge in [-0.15, -0.1) is 0 Å². The Kier molecular flexibility index (Phi) is 3.91. The van der Waals surface area contributed by atoms with Crippen LogP contribution >= 0.6 is 15.9 Å². The fraction of sp³-hybridized carbons (Fsp3) is 0.333. The molecular formula is C12H15BrN4. The van der Waals surface area contributed by atoms with Gasteiger partial charge in [0.05, 0.1) is 16.4 Å². The lowest BCUT2D eigenvalue weighted by Crippen LogP contribution is -2.33. The zero-order valence-corrected chi connectivity index (χ0v) is 11.2. The summed E-state index contributed by atoms with van der Waals surface area (Å²) in [5.74, 6) is 0. The molecule has 0 aliphatic carbocycles. The Balaban J connectivity index is 2.39.